The van der Waals surface area contributed by atoms with Gasteiger partial charge >= 0.3 is 284 Å². The Kier molecular flexibility index (Phi) is 13.1. The maximum atomic E-state index is 12.5. The molecule has 0 saturated heterocycles. The van der Waals surface area contributed by atoms with E-state index in [-0.39, 0.29) is 11.8 Å². The molecule has 0 saturated carbocycles. The van der Waals surface area contributed by atoms with Crippen molar-refractivity contribution in [1.82, 2.24) is 10.6 Å². The number of nitrogens with one attached hydrogen (secondary N) is 4. The summed E-state index contributed by atoms with van der Waals surface area (Å²) >= 11 is 9.73. The fourth-order valence-electron chi connectivity index (χ4n) is 3.44. The van der Waals surface area contributed by atoms with Crippen LogP contribution in [-0.4, -0.2) is 91.1 Å². The molecule has 0 atom stereocenters. The van der Waals surface area contributed by atoms with Crippen LogP contribution < -0.4 is 30.2 Å². The second-order valence-corrected chi connectivity index (χ2v) is 18.3. The first kappa shape index (κ1) is 32.8. The number of rotatable bonds is 13. The number of anilines is 2. The number of hydrogen-bond acceptors (Lipinski definition) is 6. The van der Waals surface area contributed by atoms with Gasteiger partial charge < -0.3 is 0 Å². The van der Waals surface area contributed by atoms with Gasteiger partial charge in [0.25, 0.3) is 0 Å². The van der Waals surface area contributed by atoms with E-state index in [1.54, 1.807) is 23.5 Å². The van der Waals surface area contributed by atoms with Crippen LogP contribution in [0.5, 0.6) is 0 Å². The van der Waals surface area contributed by atoms with Crippen molar-refractivity contribution in [1.29, 1.82) is 0 Å². The summed E-state index contributed by atoms with van der Waals surface area (Å²) in [6.45, 7) is 0. The molecule has 0 spiro atoms. The Morgan fingerprint density at radius 1 is 0.548 bits per heavy atom. The zero-order valence-corrected chi connectivity index (χ0v) is 31.0. The predicted molar refractivity (Wildman–Crippen MR) is 184 cm³/mol. The molecule has 12 heteroatoms. The van der Waals surface area contributed by atoms with Crippen molar-refractivity contribution in [2.75, 3.05) is 23.1 Å². The van der Waals surface area contributed by atoms with E-state index < -0.39 is 0 Å². The van der Waals surface area contributed by atoms with E-state index >= 15 is 0 Å². The van der Waals surface area contributed by atoms with E-state index in [1.165, 1.54) is 8.92 Å². The molecule has 214 valence electrons. The molecule has 0 aliphatic carbocycles. The van der Waals surface area contributed by atoms with Gasteiger partial charge in [0, 0.05) is 0 Å². The van der Waals surface area contributed by atoms with Crippen molar-refractivity contribution in [2.45, 2.75) is 9.79 Å². The van der Waals surface area contributed by atoms with Crippen molar-refractivity contribution in [3.63, 3.8) is 0 Å². The summed E-state index contributed by atoms with van der Waals surface area (Å²) in [7, 11) is 0. The fraction of sp³-hybridized carbons (Fsp3) is 0.0667. The van der Waals surface area contributed by atoms with Crippen LogP contribution in [0.25, 0.3) is 0 Å². The summed E-state index contributed by atoms with van der Waals surface area (Å²) in [5.74, 6) is -0.332. The Morgan fingerprint density at radius 3 is 1.19 bits per heavy atom. The first-order chi connectivity index (χ1) is 20.3. The quantitative estimate of drug-likeness (QED) is 0.123. The minimum absolute atomic E-state index is 0.166. The topological polar surface area (TPSA) is 82.3 Å². The molecule has 0 aliphatic heterocycles. The number of thioether (sulfide) groups is 2. The van der Waals surface area contributed by atoms with E-state index in [9.17, 15) is 9.59 Å². The minimum atomic E-state index is -0.166. The predicted octanol–water partition coefficient (Wildman–Crippen LogP) is 2.60. The summed E-state index contributed by atoms with van der Waals surface area (Å²) in [6, 6.07) is 31.6. The average Bonchev–Trinajstić information content (AvgIpc) is 3.01. The number of carbonyl (C=O) groups excluding carboxylic acids is 2. The second kappa shape index (κ2) is 16.7. The van der Waals surface area contributed by atoms with Crippen LogP contribution in [0.2, 0.25) is 0 Å². The molecule has 4 aromatic carbocycles. The Labute approximate surface area is 281 Å². The first-order valence-electron chi connectivity index (χ1n) is 12.4. The zero-order valence-electron chi connectivity index (χ0n) is 22.5. The normalized spacial score (nSPS) is 10.4. The fourth-order valence-corrected chi connectivity index (χ4v) is 11.1. The van der Waals surface area contributed by atoms with Crippen LogP contribution in [0.4, 0.5) is 11.4 Å². The van der Waals surface area contributed by atoms with Gasteiger partial charge in [0.15, 0.2) is 0 Å². The van der Waals surface area contributed by atoms with Gasteiger partial charge in [0.2, 0.25) is 0 Å². The maximum absolute atomic E-state index is 12.5. The third kappa shape index (κ3) is 10.3. The van der Waals surface area contributed by atoms with Gasteiger partial charge in [0.05, 0.1) is 0 Å². The Morgan fingerprint density at radius 2 is 0.881 bits per heavy atom. The Balaban J connectivity index is 1.20. The van der Waals surface area contributed by atoms with Crippen LogP contribution >= 0.6 is 23.5 Å². The molecule has 0 unspecified atom stereocenters. The first-order valence-corrected chi connectivity index (χ1v) is 22.6. The summed E-state index contributed by atoms with van der Waals surface area (Å²) in [5, 5.41) is 12.1. The monoisotopic (exact) mass is 858 g/mol. The third-order valence-corrected chi connectivity index (χ3v) is 15.2. The SMILES string of the molecule is CSc1ccc(C(=O)NC(=[Se])Nc2ccc([Se][Se]c3ccc(NC(=[Se])NC(=O)c4ccc(SC)cc4)cc3)cc2)cc1. The van der Waals surface area contributed by atoms with Gasteiger partial charge in [-0.3, -0.25) is 0 Å². The van der Waals surface area contributed by atoms with Gasteiger partial charge in [0.1, 0.15) is 0 Å². The second-order valence-electron chi connectivity index (χ2n) is 8.49. The molecule has 0 bridgehead atoms. The third-order valence-electron chi connectivity index (χ3n) is 5.62. The van der Waals surface area contributed by atoms with E-state index in [0.717, 1.165) is 21.2 Å². The molecule has 4 rings (SSSR count). The van der Waals surface area contributed by atoms with Crippen LogP contribution in [0.3, 0.4) is 0 Å². The molecule has 4 aromatic rings. The molecule has 0 fully saturated rings. The Bertz CT molecular complexity index is 1430. The van der Waals surface area contributed by atoms with Crippen molar-refractivity contribution >= 4 is 122 Å². The zero-order chi connectivity index (χ0) is 29.9. The molecule has 4 N–H and O–H groups in total. The van der Waals surface area contributed by atoms with Gasteiger partial charge in [-0.1, -0.05) is 0 Å². The molecule has 2 amide bonds. The summed E-state index contributed by atoms with van der Waals surface area (Å²) in [4.78, 5) is 27.2. The summed E-state index contributed by atoms with van der Waals surface area (Å²) < 4.78 is 3.72. The molecule has 6 nitrogen and oxygen atoms in total. The standard InChI is InChI=1S/C30H26N4O2S2Se4/c1-37-23-11-3-19(4-12-23)27(35)33-29(39)31-21-7-15-25(16-8-21)41-42-26-17-9-22(10-18-26)32-30(40)34-28(36)20-5-13-24(38-2)14-6-20/h3-18H,1-2H3,(H2,31,33,35,39)(H2,32,34,36,40). The molecular weight excluding hydrogens is 828 g/mol. The summed E-state index contributed by atoms with van der Waals surface area (Å²) in [6.07, 6.45) is 4.01. The molecule has 0 radical (unpaired) electrons. The van der Waals surface area contributed by atoms with Crippen LogP contribution in [-0.2, 0) is 0 Å². The molecular formula is C30H26N4O2S2Se4. The van der Waals surface area contributed by atoms with Crippen LogP contribution in [0.1, 0.15) is 20.7 Å². The van der Waals surface area contributed by atoms with Crippen molar-refractivity contribution in [3.05, 3.63) is 108 Å². The van der Waals surface area contributed by atoms with Crippen molar-refractivity contribution in [3.8, 4) is 0 Å². The summed E-state index contributed by atoms with van der Waals surface area (Å²) in [5.41, 5.74) is 3.02. The van der Waals surface area contributed by atoms with Crippen molar-refractivity contribution in [2.24, 2.45) is 0 Å². The van der Waals surface area contributed by atoms with Gasteiger partial charge in [-0.2, -0.15) is 0 Å². The van der Waals surface area contributed by atoms with Crippen LogP contribution in [0, 0.1) is 0 Å². The van der Waals surface area contributed by atoms with Gasteiger partial charge in [-0.25, -0.2) is 0 Å². The van der Waals surface area contributed by atoms with E-state index in [0.29, 0.717) is 46.7 Å². The number of amides is 2. The molecule has 0 aromatic heterocycles. The molecule has 0 heterocycles. The average molecular weight is 855 g/mol. The van der Waals surface area contributed by atoms with E-state index in [4.69, 9.17) is 0 Å². The number of benzene rings is 4. The Hall–Kier alpha value is -2.06. The van der Waals surface area contributed by atoms with Crippen LogP contribution in [0.15, 0.2) is 107 Å². The number of hydrogen-bond donors (Lipinski definition) is 4. The molecule has 42 heavy (non-hydrogen) atoms. The van der Waals surface area contributed by atoms with Gasteiger partial charge in [-0.15, -0.1) is 0 Å². The molecule has 0 aliphatic rings. The van der Waals surface area contributed by atoms with Crippen molar-refractivity contribution < 1.29 is 9.59 Å². The number of carbonyl (C=O) groups is 2. The van der Waals surface area contributed by atoms with E-state index in [1.807, 2.05) is 85.3 Å². The van der Waals surface area contributed by atoms with Gasteiger partial charge in [-0.05, 0) is 0 Å². The van der Waals surface area contributed by atoms with E-state index in [2.05, 4.69) is 76.7 Å².